The van der Waals surface area contributed by atoms with Gasteiger partial charge in [0.1, 0.15) is 23.7 Å². The van der Waals surface area contributed by atoms with Crippen LogP contribution in [0.25, 0.3) is 22.0 Å². The number of hydrogen-bond donors (Lipinski definition) is 0. The van der Waals surface area contributed by atoms with E-state index in [1.807, 2.05) is 92.7 Å². The van der Waals surface area contributed by atoms with Gasteiger partial charge in [0.15, 0.2) is 0 Å². The summed E-state index contributed by atoms with van der Waals surface area (Å²) in [6, 6.07) is 27.6. The molecule has 4 aromatic rings. The number of hydrogen-bond acceptors (Lipinski definition) is 5. The second kappa shape index (κ2) is 9.40. The molecule has 2 heterocycles. The smallest absolute Gasteiger partial charge is 0.340 e. The monoisotopic (exact) mass is 491 g/mol. The van der Waals surface area contributed by atoms with E-state index < -0.39 is 5.60 Å². The Hall–Kier alpha value is -4.12. The van der Waals surface area contributed by atoms with Crippen LogP contribution in [0.3, 0.4) is 0 Å². The molecule has 1 saturated carbocycles. The minimum absolute atomic E-state index is 0.317. The Kier molecular flexibility index (Phi) is 5.91. The Labute approximate surface area is 216 Å². The molecule has 5 nitrogen and oxygen atoms in total. The van der Waals surface area contributed by atoms with Gasteiger partial charge in [-0.3, -0.25) is 0 Å². The number of fused-ring (bicyclic) bond motifs is 1. The van der Waals surface area contributed by atoms with Crippen molar-refractivity contribution in [1.29, 1.82) is 0 Å². The second-order valence-corrected chi connectivity index (χ2v) is 10.2. The van der Waals surface area contributed by atoms with Crippen molar-refractivity contribution in [3.05, 3.63) is 102 Å². The standard InChI is InChI=1S/C32H29NO4/c1-32(2)30(24-12-17-26(18-13-24)35-19-21-7-8-21)29(31(34)37-32)23-10-15-27(16-11-23)36-20-25-14-9-22-5-3-4-6-28(22)33-25/h3-6,9-18,21H,7-8,19-20H2,1-2H3. The summed E-state index contributed by atoms with van der Waals surface area (Å²) in [4.78, 5) is 17.7. The molecule has 37 heavy (non-hydrogen) atoms. The molecule has 0 amide bonds. The number of cyclic esters (lactones) is 1. The zero-order valence-electron chi connectivity index (χ0n) is 21.1. The number of benzene rings is 3. The van der Waals surface area contributed by atoms with Crippen LogP contribution in [0, 0.1) is 5.92 Å². The maximum atomic E-state index is 13.0. The van der Waals surface area contributed by atoms with Crippen molar-refractivity contribution >= 4 is 28.0 Å². The molecule has 3 aromatic carbocycles. The summed E-state index contributed by atoms with van der Waals surface area (Å²) < 4.78 is 17.7. The molecule has 186 valence electrons. The van der Waals surface area contributed by atoms with Gasteiger partial charge in [-0.15, -0.1) is 0 Å². The first-order valence-corrected chi connectivity index (χ1v) is 12.8. The molecule has 1 aliphatic heterocycles. The second-order valence-electron chi connectivity index (χ2n) is 10.2. The number of rotatable bonds is 8. The predicted octanol–water partition coefficient (Wildman–Crippen LogP) is 6.85. The van der Waals surface area contributed by atoms with Gasteiger partial charge in [0, 0.05) is 11.0 Å². The lowest BCUT2D eigenvalue weighted by Gasteiger charge is -2.22. The lowest BCUT2D eigenvalue weighted by molar-refractivity contribution is -0.141. The fraction of sp³-hybridized carbons (Fsp3) is 0.250. The molecule has 0 spiro atoms. The quantitative estimate of drug-likeness (QED) is 0.252. The van der Waals surface area contributed by atoms with Crippen molar-refractivity contribution in [1.82, 2.24) is 4.98 Å². The van der Waals surface area contributed by atoms with Crippen molar-refractivity contribution in [2.24, 2.45) is 5.92 Å². The highest BCUT2D eigenvalue weighted by molar-refractivity contribution is 6.28. The third kappa shape index (κ3) is 4.94. The number of carbonyl (C=O) groups is 1. The van der Waals surface area contributed by atoms with Gasteiger partial charge in [-0.2, -0.15) is 0 Å². The molecule has 0 bridgehead atoms. The summed E-state index contributed by atoms with van der Waals surface area (Å²) in [5.74, 6) is 1.94. The highest BCUT2D eigenvalue weighted by Gasteiger charge is 2.41. The highest BCUT2D eigenvalue weighted by atomic mass is 16.6. The van der Waals surface area contributed by atoms with Gasteiger partial charge in [-0.05, 0) is 80.1 Å². The zero-order valence-corrected chi connectivity index (χ0v) is 21.1. The minimum Gasteiger partial charge on any atom is -0.493 e. The van der Waals surface area contributed by atoms with E-state index in [1.54, 1.807) is 0 Å². The molecule has 0 N–H and O–H groups in total. The van der Waals surface area contributed by atoms with E-state index in [2.05, 4.69) is 11.1 Å². The van der Waals surface area contributed by atoms with Crippen LogP contribution in [-0.4, -0.2) is 23.2 Å². The molecule has 0 radical (unpaired) electrons. The van der Waals surface area contributed by atoms with Crippen LogP contribution in [-0.2, 0) is 16.1 Å². The normalized spacial score (nSPS) is 16.6. The van der Waals surface area contributed by atoms with Crippen LogP contribution in [0.1, 0.15) is 43.5 Å². The van der Waals surface area contributed by atoms with E-state index in [0.717, 1.165) is 45.7 Å². The fourth-order valence-corrected chi connectivity index (χ4v) is 4.77. The van der Waals surface area contributed by atoms with Gasteiger partial charge < -0.3 is 14.2 Å². The third-order valence-electron chi connectivity index (χ3n) is 6.92. The summed E-state index contributed by atoms with van der Waals surface area (Å²) in [5.41, 5.74) is 4.28. The lowest BCUT2D eigenvalue weighted by atomic mass is 9.87. The summed E-state index contributed by atoms with van der Waals surface area (Å²) in [6.07, 6.45) is 2.51. The molecule has 0 saturated heterocycles. The van der Waals surface area contributed by atoms with Crippen LogP contribution in [0.5, 0.6) is 11.5 Å². The predicted molar refractivity (Wildman–Crippen MR) is 144 cm³/mol. The van der Waals surface area contributed by atoms with Crippen molar-refractivity contribution in [3.8, 4) is 11.5 Å². The average Bonchev–Trinajstić information content (AvgIpc) is 3.70. The maximum Gasteiger partial charge on any atom is 0.340 e. The van der Waals surface area contributed by atoms with E-state index >= 15 is 0 Å². The average molecular weight is 492 g/mol. The molecule has 0 unspecified atom stereocenters. The maximum absolute atomic E-state index is 13.0. The van der Waals surface area contributed by atoms with Gasteiger partial charge in [0.2, 0.25) is 0 Å². The van der Waals surface area contributed by atoms with Gasteiger partial charge in [0.05, 0.1) is 23.4 Å². The van der Waals surface area contributed by atoms with Crippen LogP contribution in [0.4, 0.5) is 0 Å². The molecular formula is C32H29NO4. The Morgan fingerprint density at radius 2 is 1.51 bits per heavy atom. The number of esters is 1. The van der Waals surface area contributed by atoms with Crippen LogP contribution >= 0.6 is 0 Å². The van der Waals surface area contributed by atoms with Crippen molar-refractivity contribution < 1.29 is 19.0 Å². The molecule has 0 atom stereocenters. The van der Waals surface area contributed by atoms with Gasteiger partial charge in [-0.1, -0.05) is 48.5 Å². The molecule has 6 rings (SSSR count). The third-order valence-corrected chi connectivity index (χ3v) is 6.92. The summed E-state index contributed by atoms with van der Waals surface area (Å²) >= 11 is 0. The Morgan fingerprint density at radius 3 is 2.24 bits per heavy atom. The fourth-order valence-electron chi connectivity index (χ4n) is 4.77. The largest absolute Gasteiger partial charge is 0.493 e. The number of pyridine rings is 1. The first kappa shape index (κ1) is 23.3. The number of ether oxygens (including phenoxy) is 3. The van der Waals surface area contributed by atoms with Crippen LogP contribution in [0.15, 0.2) is 84.9 Å². The topological polar surface area (TPSA) is 57.7 Å². The molecule has 1 aliphatic carbocycles. The number of nitrogens with zero attached hydrogens (tertiary/aromatic N) is 1. The number of para-hydroxylation sites is 1. The molecule has 5 heteroatoms. The zero-order chi connectivity index (χ0) is 25.4. The van der Waals surface area contributed by atoms with E-state index in [1.165, 1.54) is 12.8 Å². The van der Waals surface area contributed by atoms with E-state index in [4.69, 9.17) is 14.2 Å². The van der Waals surface area contributed by atoms with Crippen LogP contribution < -0.4 is 9.47 Å². The number of carbonyl (C=O) groups excluding carboxylic acids is 1. The molecular weight excluding hydrogens is 462 g/mol. The highest BCUT2D eigenvalue weighted by Crippen LogP contribution is 2.44. The van der Waals surface area contributed by atoms with Crippen molar-refractivity contribution in [2.75, 3.05) is 6.61 Å². The lowest BCUT2D eigenvalue weighted by Crippen LogP contribution is -2.22. The van der Waals surface area contributed by atoms with Crippen molar-refractivity contribution in [2.45, 2.75) is 38.9 Å². The van der Waals surface area contributed by atoms with E-state index in [0.29, 0.717) is 23.8 Å². The summed E-state index contributed by atoms with van der Waals surface area (Å²) in [7, 11) is 0. The molecule has 1 fully saturated rings. The Bertz CT molecular complexity index is 1480. The van der Waals surface area contributed by atoms with Crippen LogP contribution in [0.2, 0.25) is 0 Å². The first-order chi connectivity index (χ1) is 18.0. The Morgan fingerprint density at radius 1 is 0.838 bits per heavy atom. The van der Waals surface area contributed by atoms with Gasteiger partial charge in [0.25, 0.3) is 0 Å². The molecule has 1 aromatic heterocycles. The van der Waals surface area contributed by atoms with E-state index in [-0.39, 0.29) is 5.97 Å². The van der Waals surface area contributed by atoms with Gasteiger partial charge >= 0.3 is 5.97 Å². The summed E-state index contributed by atoms with van der Waals surface area (Å²) in [6.45, 7) is 4.99. The summed E-state index contributed by atoms with van der Waals surface area (Å²) in [5, 5.41) is 1.10. The minimum atomic E-state index is -0.736. The van der Waals surface area contributed by atoms with E-state index in [9.17, 15) is 4.79 Å². The Balaban J connectivity index is 1.22. The SMILES string of the molecule is CC1(C)OC(=O)C(c2ccc(OCc3ccc4ccccc4n3)cc2)=C1c1ccc(OCC2CC2)cc1. The van der Waals surface area contributed by atoms with Gasteiger partial charge in [-0.25, -0.2) is 9.78 Å². The van der Waals surface area contributed by atoms with Crippen molar-refractivity contribution in [3.63, 3.8) is 0 Å². The first-order valence-electron chi connectivity index (χ1n) is 12.8. The molecule has 2 aliphatic rings. The number of aromatic nitrogens is 1.